The number of anilines is 1. The third-order valence-corrected chi connectivity index (χ3v) is 4.46. The maximum Gasteiger partial charge on any atom is 0.135 e. The minimum absolute atomic E-state index is 0.218. The second-order valence-corrected chi connectivity index (χ2v) is 6.28. The normalized spacial score (nSPS) is 12.5. The van der Waals surface area contributed by atoms with E-state index in [0.29, 0.717) is 0 Å². The largest absolute Gasteiger partial charge is 0.363 e. The van der Waals surface area contributed by atoms with E-state index in [1.807, 2.05) is 12.3 Å². The molecule has 3 rings (SSSR count). The number of aromatic nitrogens is 1. The maximum atomic E-state index is 4.45. The molecule has 0 aliphatic rings. The fraction of sp³-hybridized carbons (Fsp3) is 0.133. The first kappa shape index (κ1) is 12.6. The number of halogens is 1. The molecular formula is C15H13BrN2S. The second-order valence-electron chi connectivity index (χ2n) is 4.41. The molecule has 0 fully saturated rings. The Morgan fingerprint density at radius 3 is 3.00 bits per heavy atom. The van der Waals surface area contributed by atoms with Crippen LogP contribution in [0.2, 0.25) is 0 Å². The van der Waals surface area contributed by atoms with E-state index in [0.717, 1.165) is 10.3 Å². The zero-order chi connectivity index (χ0) is 13.2. The third kappa shape index (κ3) is 2.65. The van der Waals surface area contributed by atoms with Crippen LogP contribution in [0.4, 0.5) is 5.82 Å². The van der Waals surface area contributed by atoms with Gasteiger partial charge in [0.05, 0.1) is 0 Å². The van der Waals surface area contributed by atoms with Crippen LogP contribution in [0.25, 0.3) is 10.1 Å². The van der Waals surface area contributed by atoms with E-state index in [4.69, 9.17) is 0 Å². The van der Waals surface area contributed by atoms with Crippen molar-refractivity contribution in [3.63, 3.8) is 0 Å². The average molecular weight is 333 g/mol. The van der Waals surface area contributed by atoms with Crippen molar-refractivity contribution in [2.75, 3.05) is 5.32 Å². The molecule has 4 heteroatoms. The smallest absolute Gasteiger partial charge is 0.135 e. The summed E-state index contributed by atoms with van der Waals surface area (Å²) < 4.78 is 2.36. The molecule has 0 amide bonds. The van der Waals surface area contributed by atoms with Crippen LogP contribution >= 0.6 is 27.3 Å². The van der Waals surface area contributed by atoms with Gasteiger partial charge in [-0.05, 0) is 42.1 Å². The van der Waals surface area contributed by atoms with Gasteiger partial charge in [-0.3, -0.25) is 0 Å². The van der Waals surface area contributed by atoms with Crippen molar-refractivity contribution < 1.29 is 0 Å². The van der Waals surface area contributed by atoms with E-state index in [-0.39, 0.29) is 6.04 Å². The first-order chi connectivity index (χ1) is 9.24. The summed E-state index contributed by atoms with van der Waals surface area (Å²) in [7, 11) is 0. The van der Waals surface area contributed by atoms with Crippen LogP contribution in [-0.2, 0) is 0 Å². The molecule has 19 heavy (non-hydrogen) atoms. The van der Waals surface area contributed by atoms with Gasteiger partial charge in [0.15, 0.2) is 0 Å². The van der Waals surface area contributed by atoms with Crippen LogP contribution in [0.1, 0.15) is 18.5 Å². The van der Waals surface area contributed by atoms with E-state index in [9.17, 15) is 0 Å². The lowest BCUT2D eigenvalue weighted by molar-refractivity contribution is 0.877. The lowest BCUT2D eigenvalue weighted by atomic mass is 10.1. The lowest BCUT2D eigenvalue weighted by Crippen LogP contribution is -2.07. The average Bonchev–Trinajstić information content (AvgIpc) is 2.88. The van der Waals surface area contributed by atoms with Crippen LogP contribution in [-0.4, -0.2) is 4.98 Å². The summed E-state index contributed by atoms with van der Waals surface area (Å²) in [6, 6.07) is 12.7. The molecule has 2 aromatic heterocycles. The molecular weight excluding hydrogens is 320 g/mol. The van der Waals surface area contributed by atoms with Gasteiger partial charge in [-0.15, -0.1) is 11.3 Å². The summed E-state index contributed by atoms with van der Waals surface area (Å²) in [6.45, 7) is 2.15. The Morgan fingerprint density at radius 2 is 2.16 bits per heavy atom. The van der Waals surface area contributed by atoms with E-state index in [1.54, 1.807) is 11.3 Å². The number of fused-ring (bicyclic) bond motifs is 1. The highest BCUT2D eigenvalue weighted by Crippen LogP contribution is 2.28. The van der Waals surface area contributed by atoms with Gasteiger partial charge in [0.25, 0.3) is 0 Å². The summed E-state index contributed by atoms with van der Waals surface area (Å²) in [5.41, 5.74) is 1.24. The standard InChI is InChI=1S/C15H13BrN2S/c1-10(11-3-2-4-12(16)9-11)18-15-13-6-8-19-14(13)5-7-17-15/h2-10H,1H3,(H,17,18). The number of nitrogens with one attached hydrogen (secondary N) is 1. The van der Waals surface area contributed by atoms with Crippen LogP contribution in [0.15, 0.2) is 52.4 Å². The molecule has 0 spiro atoms. The minimum Gasteiger partial charge on any atom is -0.363 e. The molecule has 1 unspecified atom stereocenters. The number of thiophene rings is 1. The molecule has 3 aromatic rings. The Balaban J connectivity index is 1.90. The quantitative estimate of drug-likeness (QED) is 0.710. The third-order valence-electron chi connectivity index (χ3n) is 3.08. The number of pyridine rings is 1. The highest BCUT2D eigenvalue weighted by molar-refractivity contribution is 9.10. The first-order valence-electron chi connectivity index (χ1n) is 6.08. The fourth-order valence-corrected chi connectivity index (χ4v) is 3.27. The summed E-state index contributed by atoms with van der Waals surface area (Å²) in [6.07, 6.45) is 1.86. The van der Waals surface area contributed by atoms with Gasteiger partial charge in [0, 0.05) is 26.8 Å². The number of nitrogens with zero attached hydrogens (tertiary/aromatic N) is 1. The monoisotopic (exact) mass is 332 g/mol. The summed E-state index contributed by atoms with van der Waals surface area (Å²) in [4.78, 5) is 4.45. The molecule has 2 heterocycles. The van der Waals surface area contributed by atoms with E-state index in [2.05, 4.69) is 68.9 Å². The van der Waals surface area contributed by atoms with Gasteiger partial charge in [0.1, 0.15) is 5.82 Å². The molecule has 2 nitrogen and oxygen atoms in total. The maximum absolute atomic E-state index is 4.45. The molecule has 1 aromatic carbocycles. The van der Waals surface area contributed by atoms with Crippen molar-refractivity contribution in [2.24, 2.45) is 0 Å². The molecule has 0 saturated heterocycles. The molecule has 0 aliphatic heterocycles. The minimum atomic E-state index is 0.218. The Bertz CT molecular complexity index is 708. The van der Waals surface area contributed by atoms with Crippen LogP contribution in [0, 0.1) is 0 Å². The fourth-order valence-electron chi connectivity index (χ4n) is 2.07. The van der Waals surface area contributed by atoms with Crippen LogP contribution in [0.3, 0.4) is 0 Å². The van der Waals surface area contributed by atoms with Gasteiger partial charge in [-0.25, -0.2) is 4.98 Å². The molecule has 0 radical (unpaired) electrons. The SMILES string of the molecule is CC(Nc1nccc2sccc12)c1cccc(Br)c1. The number of hydrogen-bond acceptors (Lipinski definition) is 3. The number of benzene rings is 1. The van der Waals surface area contributed by atoms with Gasteiger partial charge in [0.2, 0.25) is 0 Å². The molecule has 0 bridgehead atoms. The molecule has 96 valence electrons. The highest BCUT2D eigenvalue weighted by atomic mass is 79.9. The van der Waals surface area contributed by atoms with Crippen LogP contribution < -0.4 is 5.32 Å². The molecule has 0 aliphatic carbocycles. The van der Waals surface area contributed by atoms with Crippen molar-refractivity contribution in [3.05, 3.63) is 58.0 Å². The van der Waals surface area contributed by atoms with Gasteiger partial charge in [-0.2, -0.15) is 0 Å². The van der Waals surface area contributed by atoms with Crippen molar-refractivity contribution >= 4 is 43.2 Å². The number of rotatable bonds is 3. The Kier molecular flexibility index (Phi) is 3.53. The van der Waals surface area contributed by atoms with Gasteiger partial charge >= 0.3 is 0 Å². The first-order valence-corrected chi connectivity index (χ1v) is 7.75. The number of hydrogen-bond donors (Lipinski definition) is 1. The van der Waals surface area contributed by atoms with E-state index in [1.165, 1.54) is 15.6 Å². The Morgan fingerprint density at radius 1 is 1.26 bits per heavy atom. The van der Waals surface area contributed by atoms with Crippen molar-refractivity contribution in [1.29, 1.82) is 0 Å². The summed E-state index contributed by atoms with van der Waals surface area (Å²) >= 11 is 5.25. The summed E-state index contributed by atoms with van der Waals surface area (Å²) in [5, 5.41) is 6.78. The van der Waals surface area contributed by atoms with Crippen molar-refractivity contribution in [2.45, 2.75) is 13.0 Å². The van der Waals surface area contributed by atoms with Crippen molar-refractivity contribution in [3.8, 4) is 0 Å². The van der Waals surface area contributed by atoms with Gasteiger partial charge in [-0.1, -0.05) is 28.1 Å². The second kappa shape index (κ2) is 5.31. The van der Waals surface area contributed by atoms with Gasteiger partial charge < -0.3 is 5.32 Å². The highest BCUT2D eigenvalue weighted by Gasteiger charge is 2.09. The molecule has 0 saturated carbocycles. The lowest BCUT2D eigenvalue weighted by Gasteiger charge is -2.15. The zero-order valence-electron chi connectivity index (χ0n) is 10.4. The molecule has 1 N–H and O–H groups in total. The van der Waals surface area contributed by atoms with E-state index < -0.39 is 0 Å². The molecule has 1 atom stereocenters. The Hall–Kier alpha value is -1.39. The van der Waals surface area contributed by atoms with Crippen molar-refractivity contribution in [1.82, 2.24) is 4.98 Å². The topological polar surface area (TPSA) is 24.9 Å². The predicted octanol–water partition coefficient (Wildman–Crippen LogP) is 5.23. The zero-order valence-corrected chi connectivity index (χ0v) is 12.8. The predicted molar refractivity (Wildman–Crippen MR) is 85.8 cm³/mol. The van der Waals surface area contributed by atoms with Crippen LogP contribution in [0.5, 0.6) is 0 Å². The summed E-state index contributed by atoms with van der Waals surface area (Å²) in [5.74, 6) is 0.950. The van der Waals surface area contributed by atoms with E-state index >= 15 is 0 Å². The Labute approximate surface area is 124 Å².